The smallest absolute Gasteiger partial charge is 0.338 e. The van der Waals surface area contributed by atoms with Gasteiger partial charge in [-0.3, -0.25) is 0 Å². The lowest BCUT2D eigenvalue weighted by Gasteiger charge is -2.06. The van der Waals surface area contributed by atoms with Gasteiger partial charge in [0.25, 0.3) is 0 Å². The number of halogens is 1. The average Bonchev–Trinajstić information content (AvgIpc) is 2.96. The molecule has 0 aliphatic carbocycles. The molecule has 0 atom stereocenters. The molecule has 6 heteroatoms. The normalized spacial score (nSPS) is 11.0. The molecule has 3 aromatic rings. The molecular weight excluding hydrogens is 356 g/mol. The molecule has 0 spiro atoms. The molecule has 2 aromatic carbocycles. The Bertz CT molecular complexity index is 908. The van der Waals surface area contributed by atoms with Gasteiger partial charge in [0.1, 0.15) is 0 Å². The number of benzene rings is 2. The second kappa shape index (κ2) is 7.93. The van der Waals surface area contributed by atoms with Crippen LogP contribution in [0.3, 0.4) is 0 Å². The maximum atomic E-state index is 11.9. The fourth-order valence-corrected chi connectivity index (χ4v) is 3.87. The van der Waals surface area contributed by atoms with E-state index >= 15 is 0 Å². The Balaban J connectivity index is 1.88. The molecule has 0 radical (unpaired) electrons. The van der Waals surface area contributed by atoms with Crippen molar-refractivity contribution in [3.05, 3.63) is 58.6 Å². The van der Waals surface area contributed by atoms with E-state index in [0.29, 0.717) is 12.2 Å². The van der Waals surface area contributed by atoms with Gasteiger partial charge in [-0.15, -0.1) is 0 Å². The Kier molecular flexibility index (Phi) is 5.66. The topological polar surface area (TPSA) is 44.1 Å². The Labute approximate surface area is 156 Å². The van der Waals surface area contributed by atoms with Gasteiger partial charge >= 0.3 is 5.97 Å². The van der Waals surface area contributed by atoms with Gasteiger partial charge in [0.05, 0.1) is 23.2 Å². The van der Waals surface area contributed by atoms with E-state index in [-0.39, 0.29) is 5.97 Å². The second-order valence-corrected chi connectivity index (χ2v) is 6.86. The summed E-state index contributed by atoms with van der Waals surface area (Å²) < 4.78 is 7.22. The average molecular weight is 375 g/mol. The van der Waals surface area contributed by atoms with Crippen molar-refractivity contribution in [1.29, 1.82) is 0 Å². The van der Waals surface area contributed by atoms with Crippen LogP contribution in [0.25, 0.3) is 11.0 Å². The highest BCUT2D eigenvalue weighted by atomic mass is 35.5. The minimum absolute atomic E-state index is 0.316. The van der Waals surface area contributed by atoms with Crippen LogP contribution in [-0.4, -0.2) is 22.1 Å². The molecule has 0 unspecified atom stereocenters. The van der Waals surface area contributed by atoms with Crippen molar-refractivity contribution in [1.82, 2.24) is 9.55 Å². The number of rotatable bonds is 6. The van der Waals surface area contributed by atoms with Crippen molar-refractivity contribution in [3.8, 4) is 0 Å². The van der Waals surface area contributed by atoms with Crippen LogP contribution in [0.5, 0.6) is 0 Å². The van der Waals surface area contributed by atoms with E-state index in [4.69, 9.17) is 21.3 Å². The predicted octanol–water partition coefficient (Wildman–Crippen LogP) is 5.18. The number of aryl methyl sites for hydroxylation is 1. The van der Waals surface area contributed by atoms with Crippen molar-refractivity contribution >= 4 is 40.4 Å². The Hall–Kier alpha value is -1.98. The number of esters is 1. The lowest BCUT2D eigenvalue weighted by molar-refractivity contribution is 0.0526. The largest absolute Gasteiger partial charge is 0.462 e. The van der Waals surface area contributed by atoms with Crippen LogP contribution in [0.1, 0.15) is 29.8 Å². The first-order chi connectivity index (χ1) is 12.1. The van der Waals surface area contributed by atoms with Crippen LogP contribution in [0, 0.1) is 0 Å². The molecule has 1 aromatic heterocycles. The van der Waals surface area contributed by atoms with Crippen molar-refractivity contribution < 1.29 is 9.53 Å². The zero-order chi connectivity index (χ0) is 17.8. The maximum Gasteiger partial charge on any atom is 0.338 e. The van der Waals surface area contributed by atoms with E-state index < -0.39 is 0 Å². The standard InChI is InChI=1S/C19H19ClN2O2S/c1-3-22-17-9-8-14(18(23)24-4-2)11-16(17)21-19(22)25-12-13-6-5-7-15(20)10-13/h5-11H,3-4,12H2,1-2H3. The van der Waals surface area contributed by atoms with Gasteiger partial charge in [-0.1, -0.05) is 35.5 Å². The number of imidazole rings is 1. The first kappa shape index (κ1) is 17.8. The quantitative estimate of drug-likeness (QED) is 0.440. The fraction of sp³-hybridized carbons (Fsp3) is 0.263. The van der Waals surface area contributed by atoms with Gasteiger partial charge in [0, 0.05) is 17.3 Å². The maximum absolute atomic E-state index is 11.9. The summed E-state index contributed by atoms with van der Waals surface area (Å²) in [5.41, 5.74) is 3.51. The van der Waals surface area contributed by atoms with E-state index in [0.717, 1.165) is 39.1 Å². The molecule has 4 nitrogen and oxygen atoms in total. The highest BCUT2D eigenvalue weighted by Gasteiger charge is 2.14. The first-order valence-electron chi connectivity index (χ1n) is 8.17. The van der Waals surface area contributed by atoms with Crippen molar-refractivity contribution in [2.24, 2.45) is 0 Å². The summed E-state index contributed by atoms with van der Waals surface area (Å²) >= 11 is 7.71. The number of thioether (sulfide) groups is 1. The molecule has 25 heavy (non-hydrogen) atoms. The zero-order valence-electron chi connectivity index (χ0n) is 14.2. The summed E-state index contributed by atoms with van der Waals surface area (Å²) in [5, 5.41) is 1.67. The Morgan fingerprint density at radius 3 is 2.80 bits per heavy atom. The Morgan fingerprint density at radius 1 is 1.24 bits per heavy atom. The van der Waals surface area contributed by atoms with Crippen molar-refractivity contribution in [3.63, 3.8) is 0 Å². The van der Waals surface area contributed by atoms with Crippen LogP contribution in [-0.2, 0) is 17.0 Å². The second-order valence-electron chi connectivity index (χ2n) is 5.48. The van der Waals surface area contributed by atoms with E-state index in [1.165, 1.54) is 0 Å². The van der Waals surface area contributed by atoms with Crippen LogP contribution >= 0.6 is 23.4 Å². The zero-order valence-corrected chi connectivity index (χ0v) is 15.7. The minimum Gasteiger partial charge on any atom is -0.462 e. The van der Waals surface area contributed by atoms with Gasteiger partial charge in [0.2, 0.25) is 0 Å². The molecule has 0 saturated heterocycles. The number of fused-ring (bicyclic) bond motifs is 1. The minimum atomic E-state index is -0.316. The molecule has 3 rings (SSSR count). The number of hydrogen-bond acceptors (Lipinski definition) is 4. The summed E-state index contributed by atoms with van der Waals surface area (Å²) in [5.74, 6) is 0.470. The van der Waals surface area contributed by atoms with Crippen LogP contribution in [0.15, 0.2) is 47.6 Å². The van der Waals surface area contributed by atoms with E-state index in [2.05, 4.69) is 17.6 Å². The highest BCUT2D eigenvalue weighted by Crippen LogP contribution is 2.28. The third-order valence-electron chi connectivity index (χ3n) is 3.80. The number of ether oxygens (including phenoxy) is 1. The molecule has 0 aliphatic rings. The van der Waals surface area contributed by atoms with E-state index in [1.54, 1.807) is 30.8 Å². The Morgan fingerprint density at radius 2 is 2.08 bits per heavy atom. The molecular formula is C19H19ClN2O2S. The summed E-state index contributed by atoms with van der Waals surface area (Å²) in [4.78, 5) is 16.6. The number of nitrogens with zero attached hydrogens (tertiary/aromatic N) is 2. The highest BCUT2D eigenvalue weighted by molar-refractivity contribution is 7.98. The summed E-state index contributed by atoms with van der Waals surface area (Å²) in [6.45, 7) is 5.06. The van der Waals surface area contributed by atoms with Crippen molar-refractivity contribution in [2.75, 3.05) is 6.61 Å². The molecule has 1 heterocycles. The van der Waals surface area contributed by atoms with Gasteiger partial charge in [0.15, 0.2) is 5.16 Å². The molecule has 0 fully saturated rings. The number of aromatic nitrogens is 2. The monoisotopic (exact) mass is 374 g/mol. The van der Waals surface area contributed by atoms with Gasteiger partial charge in [-0.25, -0.2) is 9.78 Å². The first-order valence-corrected chi connectivity index (χ1v) is 9.53. The summed E-state index contributed by atoms with van der Waals surface area (Å²) in [7, 11) is 0. The van der Waals surface area contributed by atoms with Gasteiger partial charge in [-0.05, 0) is 49.7 Å². The van der Waals surface area contributed by atoms with E-state index in [1.807, 2.05) is 24.3 Å². The van der Waals surface area contributed by atoms with Crippen LogP contribution in [0.2, 0.25) is 5.02 Å². The third kappa shape index (κ3) is 3.99. The van der Waals surface area contributed by atoms with Crippen LogP contribution in [0.4, 0.5) is 0 Å². The number of hydrogen-bond donors (Lipinski definition) is 0. The predicted molar refractivity (Wildman–Crippen MR) is 102 cm³/mol. The molecule has 0 bridgehead atoms. The van der Waals surface area contributed by atoms with Crippen LogP contribution < -0.4 is 0 Å². The number of carbonyl (C=O) groups excluding carboxylic acids is 1. The summed E-state index contributed by atoms with van der Waals surface area (Å²) in [6.07, 6.45) is 0. The third-order valence-corrected chi connectivity index (χ3v) is 5.08. The molecule has 0 N–H and O–H groups in total. The van der Waals surface area contributed by atoms with Crippen molar-refractivity contribution in [2.45, 2.75) is 31.3 Å². The lowest BCUT2D eigenvalue weighted by atomic mass is 10.2. The van der Waals surface area contributed by atoms with E-state index in [9.17, 15) is 4.79 Å². The number of carbonyl (C=O) groups is 1. The molecule has 0 amide bonds. The molecule has 130 valence electrons. The van der Waals surface area contributed by atoms with Gasteiger partial charge < -0.3 is 9.30 Å². The van der Waals surface area contributed by atoms with Gasteiger partial charge in [-0.2, -0.15) is 0 Å². The SMILES string of the molecule is CCOC(=O)c1ccc2c(c1)nc(SCc1cccc(Cl)c1)n2CC. The summed E-state index contributed by atoms with van der Waals surface area (Å²) in [6, 6.07) is 13.4. The fourth-order valence-electron chi connectivity index (χ4n) is 2.64. The molecule has 0 saturated carbocycles. The molecule has 0 aliphatic heterocycles. The lowest BCUT2D eigenvalue weighted by Crippen LogP contribution is -2.04.